The molecule has 2 heterocycles. The molecule has 0 atom stereocenters. The van der Waals surface area contributed by atoms with Gasteiger partial charge in [-0.3, -0.25) is 9.78 Å². The summed E-state index contributed by atoms with van der Waals surface area (Å²) in [5.74, 6) is 1.35. The SMILES string of the molecule is C.COC(=O)c1[nH]ncc1Br.COC(=O)c1nn(Cc2ccc(OC)cc2)cc1Br.COc1ccc(CCl)cc1. The molecule has 0 amide bonds. The lowest BCUT2D eigenvalue weighted by Gasteiger charge is -2.03. The largest absolute Gasteiger partial charge is 0.497 e. The second kappa shape index (κ2) is 18.1. The Labute approximate surface area is 255 Å². The third-order valence-electron chi connectivity index (χ3n) is 4.90. The van der Waals surface area contributed by atoms with Crippen LogP contribution in [0, 0.1) is 0 Å². The molecule has 0 spiro atoms. The molecule has 0 unspecified atom stereocenters. The number of hydrogen-bond acceptors (Lipinski definition) is 8. The molecule has 0 fully saturated rings. The van der Waals surface area contributed by atoms with Gasteiger partial charge in [-0.05, 0) is 67.3 Å². The molecule has 0 radical (unpaired) electrons. The maximum atomic E-state index is 11.4. The summed E-state index contributed by atoms with van der Waals surface area (Å²) in [6, 6.07) is 15.4. The number of carbonyl (C=O) groups is 2. The van der Waals surface area contributed by atoms with E-state index in [0.29, 0.717) is 27.1 Å². The summed E-state index contributed by atoms with van der Waals surface area (Å²) < 4.78 is 22.1. The molecular weight excluding hydrogens is 672 g/mol. The number of hydrogen-bond donors (Lipinski definition) is 1. The first-order valence-corrected chi connectivity index (χ1v) is 13.3. The average molecular weight is 703 g/mol. The number of ether oxygens (including phenoxy) is 4. The fourth-order valence-electron chi connectivity index (χ4n) is 2.86. The Bertz CT molecular complexity index is 1300. The molecule has 0 saturated carbocycles. The first-order chi connectivity index (χ1) is 18.8. The van der Waals surface area contributed by atoms with Crippen molar-refractivity contribution in [1.29, 1.82) is 0 Å². The first kappa shape index (κ1) is 34.7. The van der Waals surface area contributed by atoms with Crippen molar-refractivity contribution < 1.29 is 28.5 Å². The molecule has 216 valence electrons. The van der Waals surface area contributed by atoms with E-state index in [2.05, 4.69) is 56.6 Å². The van der Waals surface area contributed by atoms with Crippen LogP contribution < -0.4 is 9.47 Å². The van der Waals surface area contributed by atoms with Crippen molar-refractivity contribution in [2.75, 3.05) is 28.4 Å². The van der Waals surface area contributed by atoms with Gasteiger partial charge in [0.25, 0.3) is 0 Å². The highest BCUT2D eigenvalue weighted by Crippen LogP contribution is 2.18. The third kappa shape index (κ3) is 10.7. The molecule has 10 nitrogen and oxygen atoms in total. The van der Waals surface area contributed by atoms with E-state index < -0.39 is 11.9 Å². The molecule has 0 aliphatic heterocycles. The van der Waals surface area contributed by atoms with Crippen molar-refractivity contribution >= 4 is 55.4 Å². The summed E-state index contributed by atoms with van der Waals surface area (Å²) >= 11 is 12.0. The lowest BCUT2D eigenvalue weighted by molar-refractivity contribution is 0.0583. The van der Waals surface area contributed by atoms with Gasteiger partial charge >= 0.3 is 11.9 Å². The van der Waals surface area contributed by atoms with E-state index in [4.69, 9.17) is 21.1 Å². The number of esters is 2. The van der Waals surface area contributed by atoms with Crippen molar-refractivity contribution in [3.05, 3.63) is 92.4 Å². The number of nitrogens with one attached hydrogen (secondary N) is 1. The Morgan fingerprint density at radius 1 is 0.850 bits per heavy atom. The highest BCUT2D eigenvalue weighted by atomic mass is 79.9. The predicted molar refractivity (Wildman–Crippen MR) is 160 cm³/mol. The van der Waals surface area contributed by atoms with Crippen LogP contribution in [-0.2, 0) is 21.9 Å². The van der Waals surface area contributed by atoms with Crippen LogP contribution in [-0.4, -0.2) is 60.4 Å². The standard InChI is InChI=1S/C13H13BrN2O3.C8H9ClO.C5H5BrN2O2.CH4/c1-18-10-5-3-9(4-6-10)7-16-8-11(14)12(15-16)13(17)19-2;1-10-8-4-2-7(6-9)3-5-8;1-10-5(9)4-3(6)2-7-8-4;/h3-6,8H,7H2,1-2H3;2-5H,6H2,1H3;2H,1H3,(H,7,8);1H4. The number of benzene rings is 2. The summed E-state index contributed by atoms with van der Waals surface area (Å²) in [6.07, 6.45) is 3.24. The number of nitrogens with zero attached hydrogens (tertiary/aromatic N) is 3. The van der Waals surface area contributed by atoms with Crippen LogP contribution in [0.2, 0.25) is 0 Å². The van der Waals surface area contributed by atoms with Gasteiger partial charge in [-0.2, -0.15) is 10.2 Å². The second-order valence-corrected chi connectivity index (χ2v) is 9.41. The maximum absolute atomic E-state index is 11.4. The van der Waals surface area contributed by atoms with Crippen molar-refractivity contribution in [3.8, 4) is 11.5 Å². The molecule has 0 aliphatic carbocycles. The average Bonchev–Trinajstić information content (AvgIpc) is 3.57. The number of methoxy groups -OCH3 is 4. The van der Waals surface area contributed by atoms with Gasteiger partial charge in [0, 0.05) is 12.1 Å². The van der Waals surface area contributed by atoms with Gasteiger partial charge in [0.05, 0.1) is 50.1 Å². The molecule has 40 heavy (non-hydrogen) atoms. The van der Waals surface area contributed by atoms with Gasteiger partial charge in [0.1, 0.15) is 11.5 Å². The predicted octanol–water partition coefficient (Wildman–Crippen LogP) is 6.52. The van der Waals surface area contributed by atoms with Crippen molar-refractivity contribution in [1.82, 2.24) is 20.0 Å². The normalized spacial score (nSPS) is 9.57. The zero-order valence-corrected chi connectivity index (χ0v) is 25.5. The summed E-state index contributed by atoms with van der Waals surface area (Å²) in [5.41, 5.74) is 2.79. The Kier molecular flexibility index (Phi) is 15.7. The van der Waals surface area contributed by atoms with Crippen LogP contribution in [0.1, 0.15) is 39.5 Å². The number of alkyl halides is 1. The van der Waals surface area contributed by atoms with Gasteiger partial charge < -0.3 is 18.9 Å². The molecule has 0 aliphatic rings. The van der Waals surface area contributed by atoms with Crippen LogP contribution >= 0.6 is 43.5 Å². The molecule has 4 rings (SSSR count). The van der Waals surface area contributed by atoms with Crippen LogP contribution in [0.4, 0.5) is 0 Å². The Balaban J connectivity index is 0.000000324. The topological polar surface area (TPSA) is 118 Å². The van der Waals surface area contributed by atoms with Crippen molar-refractivity contribution in [2.24, 2.45) is 0 Å². The van der Waals surface area contributed by atoms with Crippen LogP contribution in [0.3, 0.4) is 0 Å². The van der Waals surface area contributed by atoms with Gasteiger partial charge in [-0.25, -0.2) is 9.59 Å². The van der Waals surface area contributed by atoms with Gasteiger partial charge in [0.15, 0.2) is 11.4 Å². The second-order valence-electron chi connectivity index (χ2n) is 7.43. The Morgan fingerprint density at radius 3 is 1.80 bits per heavy atom. The molecule has 2 aromatic carbocycles. The van der Waals surface area contributed by atoms with E-state index in [-0.39, 0.29) is 13.1 Å². The lowest BCUT2D eigenvalue weighted by atomic mass is 10.2. The summed E-state index contributed by atoms with van der Waals surface area (Å²) in [5, 5.41) is 10.3. The fraction of sp³-hybridized carbons (Fsp3) is 0.259. The molecule has 1 N–H and O–H groups in total. The van der Waals surface area contributed by atoms with Crippen molar-refractivity contribution in [2.45, 2.75) is 19.9 Å². The minimum Gasteiger partial charge on any atom is -0.497 e. The third-order valence-corrected chi connectivity index (χ3v) is 6.39. The molecule has 0 bridgehead atoms. The van der Waals surface area contributed by atoms with Gasteiger partial charge in [0.2, 0.25) is 0 Å². The Hall–Kier alpha value is -3.35. The fourth-order valence-corrected chi connectivity index (χ4v) is 3.87. The minimum atomic E-state index is -0.458. The molecule has 13 heteroatoms. The highest BCUT2D eigenvalue weighted by Gasteiger charge is 2.15. The van der Waals surface area contributed by atoms with Gasteiger partial charge in [-0.1, -0.05) is 31.7 Å². The molecule has 4 aromatic rings. The minimum absolute atomic E-state index is 0. The lowest BCUT2D eigenvalue weighted by Crippen LogP contribution is -2.06. The number of aromatic nitrogens is 4. The van der Waals surface area contributed by atoms with E-state index >= 15 is 0 Å². The van der Waals surface area contributed by atoms with E-state index in [1.165, 1.54) is 20.4 Å². The zero-order chi connectivity index (χ0) is 28.8. The van der Waals surface area contributed by atoms with Crippen LogP contribution in [0.5, 0.6) is 11.5 Å². The smallest absolute Gasteiger partial charge is 0.359 e. The number of H-pyrrole nitrogens is 1. The number of rotatable bonds is 7. The van der Waals surface area contributed by atoms with E-state index in [1.807, 2.05) is 48.5 Å². The summed E-state index contributed by atoms with van der Waals surface area (Å²) in [4.78, 5) is 22.2. The number of aromatic amines is 1. The summed E-state index contributed by atoms with van der Waals surface area (Å²) in [7, 11) is 5.92. The maximum Gasteiger partial charge on any atom is 0.359 e. The van der Waals surface area contributed by atoms with E-state index in [1.54, 1.807) is 25.1 Å². The first-order valence-electron chi connectivity index (χ1n) is 11.2. The van der Waals surface area contributed by atoms with E-state index in [9.17, 15) is 9.59 Å². The summed E-state index contributed by atoms with van der Waals surface area (Å²) in [6.45, 7) is 0.569. The number of halogens is 3. The van der Waals surface area contributed by atoms with Crippen molar-refractivity contribution in [3.63, 3.8) is 0 Å². The molecular formula is C27H31Br2ClN4O6. The van der Waals surface area contributed by atoms with E-state index in [0.717, 1.165) is 22.6 Å². The molecule has 2 aromatic heterocycles. The number of carbonyl (C=O) groups excluding carboxylic acids is 2. The van der Waals surface area contributed by atoms with Crippen LogP contribution in [0.15, 0.2) is 69.9 Å². The highest BCUT2D eigenvalue weighted by molar-refractivity contribution is 9.10. The Morgan fingerprint density at radius 2 is 1.38 bits per heavy atom. The zero-order valence-electron chi connectivity index (χ0n) is 21.6. The monoisotopic (exact) mass is 700 g/mol. The van der Waals surface area contributed by atoms with Gasteiger partial charge in [-0.15, -0.1) is 11.6 Å². The quantitative estimate of drug-likeness (QED) is 0.171. The molecule has 0 saturated heterocycles. The van der Waals surface area contributed by atoms with Crippen LogP contribution in [0.25, 0.3) is 0 Å².